The molecule has 1 heteroatoms. The molecule has 0 aromatic rings. The van der Waals surface area contributed by atoms with Gasteiger partial charge in [-0.2, -0.15) is 0 Å². The molecule has 1 N–H and O–H groups in total. The summed E-state index contributed by atoms with van der Waals surface area (Å²) >= 11 is 0. The van der Waals surface area contributed by atoms with E-state index >= 15 is 0 Å². The van der Waals surface area contributed by atoms with E-state index in [1.54, 1.807) is 0 Å². The molecule has 1 nitrogen and oxygen atoms in total. The van der Waals surface area contributed by atoms with E-state index in [1.165, 1.54) is 0 Å². The summed E-state index contributed by atoms with van der Waals surface area (Å²) in [5.74, 6) is 0. The summed E-state index contributed by atoms with van der Waals surface area (Å²) in [5.41, 5.74) is 0.0781. The van der Waals surface area contributed by atoms with Crippen LogP contribution in [0.15, 0.2) is 24.4 Å². The van der Waals surface area contributed by atoms with E-state index in [1.807, 2.05) is 12.3 Å². The van der Waals surface area contributed by atoms with Gasteiger partial charge in [-0.3, -0.25) is 0 Å². The highest BCUT2D eigenvalue weighted by atomic mass is 14.9. The van der Waals surface area contributed by atoms with Gasteiger partial charge in [-0.25, -0.2) is 0 Å². The molecule has 0 bridgehead atoms. The van der Waals surface area contributed by atoms with Gasteiger partial charge in [0.05, 0.1) is 5.54 Å². The second kappa shape index (κ2) is 2.26. The van der Waals surface area contributed by atoms with Crippen molar-refractivity contribution in [3.8, 4) is 0 Å². The Morgan fingerprint density at radius 3 is 2.56 bits per heavy atom. The first kappa shape index (κ1) is 6.40. The number of rotatable bonds is 1. The predicted octanol–water partition coefficient (Wildman–Crippen LogP) is 1.64. The predicted molar refractivity (Wildman–Crippen MR) is 39.8 cm³/mol. The average molecular weight is 122 g/mol. The molecule has 49 valence electrons. The molecule has 1 aliphatic heterocycles. The van der Waals surface area contributed by atoms with E-state index in [9.17, 15) is 0 Å². The molecule has 0 saturated heterocycles. The first-order valence-electron chi connectivity index (χ1n) is 3.19. The Bertz CT molecular complexity index is 147. The van der Waals surface area contributed by atoms with Crippen LogP contribution in [0.5, 0.6) is 0 Å². The maximum absolute atomic E-state index is 3.22. The standard InChI is InChI=1S/C8H12N/c1-3-8(2)6-4-5-7-9-8/h3-7,9H,1-2H3. The van der Waals surface area contributed by atoms with E-state index in [2.05, 4.69) is 37.7 Å². The lowest BCUT2D eigenvalue weighted by atomic mass is 9.97. The maximum atomic E-state index is 3.22. The van der Waals surface area contributed by atoms with E-state index in [0.717, 1.165) is 0 Å². The average Bonchev–Trinajstić information content (AvgIpc) is 1.90. The fourth-order valence-electron chi connectivity index (χ4n) is 0.766. The smallest absolute Gasteiger partial charge is 0.0554 e. The summed E-state index contributed by atoms with van der Waals surface area (Å²) in [5, 5.41) is 3.22. The lowest BCUT2D eigenvalue weighted by Crippen LogP contribution is -2.37. The lowest BCUT2D eigenvalue weighted by molar-refractivity contribution is 0.569. The highest BCUT2D eigenvalue weighted by Gasteiger charge is 2.16. The van der Waals surface area contributed by atoms with Gasteiger partial charge in [0, 0.05) is 0 Å². The van der Waals surface area contributed by atoms with Crippen molar-refractivity contribution in [2.24, 2.45) is 0 Å². The molecule has 0 saturated carbocycles. The third-order valence-corrected chi connectivity index (χ3v) is 1.64. The van der Waals surface area contributed by atoms with Crippen LogP contribution in [0.2, 0.25) is 0 Å². The van der Waals surface area contributed by atoms with Gasteiger partial charge in [-0.05, 0) is 25.6 Å². The Balaban J connectivity index is 2.63. The molecule has 0 amide bonds. The van der Waals surface area contributed by atoms with Crippen LogP contribution in [0.25, 0.3) is 0 Å². The molecular formula is C8H12N. The highest BCUT2D eigenvalue weighted by Crippen LogP contribution is 2.12. The first-order valence-corrected chi connectivity index (χ1v) is 3.19. The topological polar surface area (TPSA) is 12.0 Å². The Labute approximate surface area is 56.5 Å². The SMILES string of the molecule is C[CH]C1(C)C=CC=CN1. The van der Waals surface area contributed by atoms with Crippen molar-refractivity contribution in [3.05, 3.63) is 30.8 Å². The van der Waals surface area contributed by atoms with E-state index < -0.39 is 0 Å². The largest absolute Gasteiger partial charge is 0.382 e. The van der Waals surface area contributed by atoms with Crippen LogP contribution in [0.3, 0.4) is 0 Å². The van der Waals surface area contributed by atoms with Gasteiger partial charge in [0.1, 0.15) is 0 Å². The molecule has 0 fully saturated rings. The zero-order valence-corrected chi connectivity index (χ0v) is 5.89. The molecule has 0 aromatic heterocycles. The molecule has 1 heterocycles. The Kier molecular flexibility index (Phi) is 1.60. The van der Waals surface area contributed by atoms with Gasteiger partial charge >= 0.3 is 0 Å². The van der Waals surface area contributed by atoms with Crippen LogP contribution in [0.1, 0.15) is 13.8 Å². The van der Waals surface area contributed by atoms with Crippen LogP contribution < -0.4 is 5.32 Å². The van der Waals surface area contributed by atoms with Gasteiger partial charge in [0.2, 0.25) is 0 Å². The van der Waals surface area contributed by atoms with E-state index in [4.69, 9.17) is 0 Å². The van der Waals surface area contributed by atoms with Crippen molar-refractivity contribution in [1.29, 1.82) is 0 Å². The summed E-state index contributed by atoms with van der Waals surface area (Å²) < 4.78 is 0. The molecule has 0 aromatic carbocycles. The van der Waals surface area contributed by atoms with Crippen LogP contribution >= 0.6 is 0 Å². The molecule has 1 atom stereocenters. The summed E-state index contributed by atoms with van der Waals surface area (Å²) in [7, 11) is 0. The third kappa shape index (κ3) is 1.35. The van der Waals surface area contributed by atoms with E-state index in [-0.39, 0.29) is 5.54 Å². The Hall–Kier alpha value is -0.720. The third-order valence-electron chi connectivity index (χ3n) is 1.64. The molecule has 1 unspecified atom stereocenters. The molecule has 1 aliphatic rings. The zero-order chi connectivity index (χ0) is 6.74. The Morgan fingerprint density at radius 2 is 2.22 bits per heavy atom. The lowest BCUT2D eigenvalue weighted by Gasteiger charge is -2.26. The quantitative estimate of drug-likeness (QED) is 0.557. The van der Waals surface area contributed by atoms with Gasteiger partial charge < -0.3 is 5.32 Å². The Morgan fingerprint density at radius 1 is 1.44 bits per heavy atom. The number of allylic oxidation sites excluding steroid dienone is 2. The minimum absolute atomic E-state index is 0.0781. The zero-order valence-electron chi connectivity index (χ0n) is 5.89. The van der Waals surface area contributed by atoms with Crippen molar-refractivity contribution < 1.29 is 0 Å². The molecule has 0 spiro atoms. The number of dihydropyridines is 1. The number of hydrogen-bond donors (Lipinski definition) is 1. The minimum Gasteiger partial charge on any atom is -0.382 e. The normalized spacial score (nSPS) is 32.2. The number of hydrogen-bond acceptors (Lipinski definition) is 1. The van der Waals surface area contributed by atoms with Crippen LogP contribution in [-0.2, 0) is 0 Å². The highest BCUT2D eigenvalue weighted by molar-refractivity contribution is 5.21. The van der Waals surface area contributed by atoms with Crippen LogP contribution in [0.4, 0.5) is 0 Å². The second-order valence-electron chi connectivity index (χ2n) is 2.43. The van der Waals surface area contributed by atoms with Crippen LogP contribution in [-0.4, -0.2) is 5.54 Å². The summed E-state index contributed by atoms with van der Waals surface area (Å²) in [6.07, 6.45) is 10.3. The summed E-state index contributed by atoms with van der Waals surface area (Å²) in [6.45, 7) is 4.18. The molecule has 1 rings (SSSR count). The molecule has 9 heavy (non-hydrogen) atoms. The first-order chi connectivity index (χ1) is 4.27. The fourth-order valence-corrected chi connectivity index (χ4v) is 0.766. The summed E-state index contributed by atoms with van der Waals surface area (Å²) in [4.78, 5) is 0. The van der Waals surface area contributed by atoms with Crippen LogP contribution in [0, 0.1) is 6.42 Å². The van der Waals surface area contributed by atoms with Crippen molar-refractivity contribution in [2.75, 3.05) is 0 Å². The number of nitrogens with one attached hydrogen (secondary N) is 1. The van der Waals surface area contributed by atoms with Gasteiger partial charge in [-0.1, -0.05) is 19.1 Å². The minimum atomic E-state index is 0.0781. The van der Waals surface area contributed by atoms with Crippen molar-refractivity contribution in [3.63, 3.8) is 0 Å². The molecule has 0 aliphatic carbocycles. The molecular weight excluding hydrogens is 110 g/mol. The second-order valence-corrected chi connectivity index (χ2v) is 2.43. The molecule has 1 radical (unpaired) electrons. The van der Waals surface area contributed by atoms with Crippen molar-refractivity contribution in [2.45, 2.75) is 19.4 Å². The van der Waals surface area contributed by atoms with Gasteiger partial charge in [0.15, 0.2) is 0 Å². The van der Waals surface area contributed by atoms with Gasteiger partial charge in [-0.15, -0.1) is 0 Å². The van der Waals surface area contributed by atoms with Crippen molar-refractivity contribution >= 4 is 0 Å². The van der Waals surface area contributed by atoms with E-state index in [0.29, 0.717) is 0 Å². The monoisotopic (exact) mass is 122 g/mol. The fraction of sp³-hybridized carbons (Fsp3) is 0.375. The summed E-state index contributed by atoms with van der Waals surface area (Å²) in [6, 6.07) is 0. The maximum Gasteiger partial charge on any atom is 0.0554 e. The van der Waals surface area contributed by atoms with Gasteiger partial charge in [0.25, 0.3) is 0 Å². The van der Waals surface area contributed by atoms with Crippen molar-refractivity contribution in [1.82, 2.24) is 5.32 Å².